The predicted octanol–water partition coefficient (Wildman–Crippen LogP) is 1.81. The first-order chi connectivity index (χ1) is 8.34. The number of hydrogen-bond donors (Lipinski definition) is 2. The largest absolute Gasteiger partial charge is 0.356 e. The lowest BCUT2D eigenvalue weighted by Gasteiger charge is -2.04. The van der Waals surface area contributed by atoms with Crippen molar-refractivity contribution in [2.45, 2.75) is 12.8 Å². The van der Waals surface area contributed by atoms with E-state index in [4.69, 9.17) is 0 Å². The van der Waals surface area contributed by atoms with E-state index in [2.05, 4.69) is 27.4 Å². The summed E-state index contributed by atoms with van der Waals surface area (Å²) in [6.07, 6.45) is 3.52. The molecular weight excluding hydrogens is 214 g/mol. The summed E-state index contributed by atoms with van der Waals surface area (Å²) in [7, 11) is 0. The van der Waals surface area contributed by atoms with Crippen LogP contribution in [-0.4, -0.2) is 16.5 Å². The van der Waals surface area contributed by atoms with E-state index in [1.165, 1.54) is 17.8 Å². The fourth-order valence-corrected chi connectivity index (χ4v) is 1.60. The molecule has 88 valence electrons. The van der Waals surface area contributed by atoms with Gasteiger partial charge in [-0.3, -0.25) is 9.78 Å². The molecule has 0 bridgehead atoms. The second-order valence-corrected chi connectivity index (χ2v) is 3.80. The summed E-state index contributed by atoms with van der Waals surface area (Å²) >= 11 is 0. The molecule has 4 heteroatoms. The number of benzene rings is 1. The minimum atomic E-state index is -0.134. The van der Waals surface area contributed by atoms with Gasteiger partial charge >= 0.3 is 0 Å². The highest BCUT2D eigenvalue weighted by atomic mass is 16.1. The first-order valence-electron chi connectivity index (χ1n) is 5.68. The van der Waals surface area contributed by atoms with Crippen molar-refractivity contribution in [1.29, 1.82) is 0 Å². The summed E-state index contributed by atoms with van der Waals surface area (Å²) in [5.41, 5.74) is 1.19. The molecule has 0 unspecified atom stereocenters. The van der Waals surface area contributed by atoms with Crippen LogP contribution in [0, 0.1) is 0 Å². The number of rotatable bonds is 5. The van der Waals surface area contributed by atoms with E-state index in [9.17, 15) is 4.79 Å². The van der Waals surface area contributed by atoms with E-state index in [0.717, 1.165) is 19.4 Å². The molecule has 1 heterocycles. The molecule has 0 amide bonds. The average Bonchev–Trinajstić information content (AvgIpc) is 2.36. The van der Waals surface area contributed by atoms with Crippen molar-refractivity contribution < 1.29 is 0 Å². The van der Waals surface area contributed by atoms with Gasteiger partial charge < -0.3 is 5.32 Å². The highest BCUT2D eigenvalue weighted by molar-refractivity contribution is 5.22. The molecule has 0 saturated heterocycles. The molecule has 2 aromatic rings. The van der Waals surface area contributed by atoms with Gasteiger partial charge in [0.15, 0.2) is 0 Å². The van der Waals surface area contributed by atoms with E-state index >= 15 is 0 Å². The highest BCUT2D eigenvalue weighted by Gasteiger charge is 1.94. The zero-order chi connectivity index (χ0) is 11.9. The third-order valence-corrected chi connectivity index (χ3v) is 2.45. The van der Waals surface area contributed by atoms with E-state index < -0.39 is 0 Å². The van der Waals surface area contributed by atoms with Gasteiger partial charge in [0, 0.05) is 18.8 Å². The quantitative estimate of drug-likeness (QED) is 0.769. The molecule has 1 aromatic heterocycles. The summed E-state index contributed by atoms with van der Waals surface area (Å²) in [5, 5.41) is 3.09. The fourth-order valence-electron chi connectivity index (χ4n) is 1.60. The Bertz CT molecular complexity index is 507. The number of aromatic amines is 1. The number of aryl methyl sites for hydroxylation is 1. The molecule has 0 fully saturated rings. The van der Waals surface area contributed by atoms with Crippen molar-refractivity contribution in [2.24, 2.45) is 0 Å². The molecule has 17 heavy (non-hydrogen) atoms. The van der Waals surface area contributed by atoms with Gasteiger partial charge in [-0.1, -0.05) is 30.3 Å². The van der Waals surface area contributed by atoms with Crippen LogP contribution in [0.4, 0.5) is 5.95 Å². The molecule has 1 aromatic carbocycles. The molecular formula is C13H15N3O. The standard InChI is InChI=1S/C13H15N3O/c17-12-8-10-15-13(16-12)14-9-4-7-11-5-2-1-3-6-11/h1-3,5-6,8,10H,4,7,9H2,(H2,14,15,16,17). The first kappa shape index (κ1) is 11.4. The Labute approximate surface area is 99.7 Å². The van der Waals surface area contributed by atoms with Gasteiger partial charge in [-0.25, -0.2) is 4.98 Å². The zero-order valence-electron chi connectivity index (χ0n) is 9.52. The summed E-state index contributed by atoms with van der Waals surface area (Å²) < 4.78 is 0. The van der Waals surface area contributed by atoms with Crippen molar-refractivity contribution >= 4 is 5.95 Å². The van der Waals surface area contributed by atoms with Crippen molar-refractivity contribution in [3.8, 4) is 0 Å². The van der Waals surface area contributed by atoms with Crippen molar-refractivity contribution in [1.82, 2.24) is 9.97 Å². The maximum absolute atomic E-state index is 11.0. The van der Waals surface area contributed by atoms with E-state index in [1.807, 2.05) is 18.2 Å². The lowest BCUT2D eigenvalue weighted by molar-refractivity contribution is 0.851. The van der Waals surface area contributed by atoms with Crippen LogP contribution in [0.2, 0.25) is 0 Å². The predicted molar refractivity (Wildman–Crippen MR) is 68.1 cm³/mol. The average molecular weight is 229 g/mol. The van der Waals surface area contributed by atoms with Crippen LogP contribution in [0.15, 0.2) is 47.4 Å². The van der Waals surface area contributed by atoms with Gasteiger partial charge in [0.05, 0.1) is 0 Å². The first-order valence-corrected chi connectivity index (χ1v) is 5.68. The normalized spacial score (nSPS) is 10.1. The smallest absolute Gasteiger partial charge is 0.252 e. The number of nitrogens with one attached hydrogen (secondary N) is 2. The van der Waals surface area contributed by atoms with Crippen LogP contribution >= 0.6 is 0 Å². The Hall–Kier alpha value is -2.10. The van der Waals surface area contributed by atoms with E-state index in [1.54, 1.807) is 0 Å². The zero-order valence-corrected chi connectivity index (χ0v) is 9.52. The maximum atomic E-state index is 11.0. The summed E-state index contributed by atoms with van der Waals surface area (Å²) in [4.78, 5) is 17.7. The summed E-state index contributed by atoms with van der Waals surface area (Å²) in [5.74, 6) is 0.533. The van der Waals surface area contributed by atoms with Crippen LogP contribution in [0.3, 0.4) is 0 Å². The molecule has 2 N–H and O–H groups in total. The van der Waals surface area contributed by atoms with Gasteiger partial charge in [0.1, 0.15) is 0 Å². The van der Waals surface area contributed by atoms with Crippen LogP contribution in [0.5, 0.6) is 0 Å². The minimum Gasteiger partial charge on any atom is -0.356 e. The number of aromatic nitrogens is 2. The number of anilines is 1. The molecule has 0 spiro atoms. The van der Waals surface area contributed by atoms with Crippen LogP contribution < -0.4 is 10.9 Å². The topological polar surface area (TPSA) is 57.8 Å². The Balaban J connectivity index is 1.75. The molecule has 0 aliphatic rings. The second kappa shape index (κ2) is 5.84. The molecule has 0 aliphatic carbocycles. The van der Waals surface area contributed by atoms with Crippen molar-refractivity contribution in [2.75, 3.05) is 11.9 Å². The van der Waals surface area contributed by atoms with Crippen LogP contribution in [0.25, 0.3) is 0 Å². The number of hydrogen-bond acceptors (Lipinski definition) is 3. The van der Waals surface area contributed by atoms with E-state index in [-0.39, 0.29) is 5.56 Å². The monoisotopic (exact) mass is 229 g/mol. The lowest BCUT2D eigenvalue weighted by Crippen LogP contribution is -2.12. The third-order valence-electron chi connectivity index (χ3n) is 2.45. The Kier molecular flexibility index (Phi) is 3.91. The van der Waals surface area contributed by atoms with Gasteiger partial charge in [-0.2, -0.15) is 0 Å². The second-order valence-electron chi connectivity index (χ2n) is 3.80. The minimum absolute atomic E-state index is 0.134. The van der Waals surface area contributed by atoms with E-state index in [0.29, 0.717) is 5.95 Å². The lowest BCUT2D eigenvalue weighted by atomic mass is 10.1. The molecule has 0 atom stereocenters. The van der Waals surface area contributed by atoms with Crippen molar-refractivity contribution in [3.63, 3.8) is 0 Å². The number of H-pyrrole nitrogens is 1. The summed E-state index contributed by atoms with van der Waals surface area (Å²) in [6, 6.07) is 11.7. The Morgan fingerprint density at radius 1 is 1.18 bits per heavy atom. The molecule has 0 aliphatic heterocycles. The molecule has 0 saturated carbocycles. The van der Waals surface area contributed by atoms with Crippen LogP contribution in [-0.2, 0) is 6.42 Å². The van der Waals surface area contributed by atoms with Gasteiger partial charge in [-0.15, -0.1) is 0 Å². The Morgan fingerprint density at radius 2 is 2.00 bits per heavy atom. The fraction of sp³-hybridized carbons (Fsp3) is 0.231. The maximum Gasteiger partial charge on any atom is 0.252 e. The third kappa shape index (κ3) is 3.75. The van der Waals surface area contributed by atoms with Gasteiger partial charge in [0.25, 0.3) is 5.56 Å². The molecule has 4 nitrogen and oxygen atoms in total. The van der Waals surface area contributed by atoms with Gasteiger partial charge in [-0.05, 0) is 18.4 Å². The Morgan fingerprint density at radius 3 is 2.76 bits per heavy atom. The SMILES string of the molecule is O=c1ccnc(NCCCc2ccccc2)[nH]1. The van der Waals surface area contributed by atoms with Crippen LogP contribution in [0.1, 0.15) is 12.0 Å². The highest BCUT2D eigenvalue weighted by Crippen LogP contribution is 2.02. The molecule has 0 radical (unpaired) electrons. The van der Waals surface area contributed by atoms with Gasteiger partial charge in [0.2, 0.25) is 5.95 Å². The number of nitrogens with zero attached hydrogens (tertiary/aromatic N) is 1. The summed E-state index contributed by atoms with van der Waals surface area (Å²) in [6.45, 7) is 0.793. The van der Waals surface area contributed by atoms with Crippen molar-refractivity contribution in [3.05, 3.63) is 58.5 Å². The molecule has 2 rings (SSSR count).